The summed E-state index contributed by atoms with van der Waals surface area (Å²) in [6.45, 7) is 2.30. The van der Waals surface area contributed by atoms with E-state index in [1.54, 1.807) is 2.43 Å². The van der Waals surface area contributed by atoms with Crippen LogP contribution in [0.4, 0.5) is 0 Å². The molecule has 1 rings (SSSR count). The molecule has 0 aromatic rings. The summed E-state index contributed by atoms with van der Waals surface area (Å²) < 4.78 is 6.12. The standard InChI is InChI=1S/C6H11I3/c1-3-6-4-9(2,7)5-8-6/h4H,3,5H2,1-2H3/q-2. The minimum absolute atomic E-state index is 0.520. The van der Waals surface area contributed by atoms with Crippen LogP contribution < -0.4 is 35.7 Å². The number of rotatable bonds is 1. The molecule has 1 aliphatic heterocycles. The van der Waals surface area contributed by atoms with Gasteiger partial charge in [-0.15, -0.1) is 0 Å². The second kappa shape index (κ2) is 3.55. The second-order valence-corrected chi connectivity index (χ2v) is 27.3. The third kappa shape index (κ3) is 2.80. The van der Waals surface area contributed by atoms with Crippen LogP contribution in [0, 0.1) is 0 Å². The summed E-state index contributed by atoms with van der Waals surface area (Å²) in [6, 6.07) is 0. The number of halogens is 3. The topological polar surface area (TPSA) is 0 Å². The summed E-state index contributed by atoms with van der Waals surface area (Å²) in [7, 11) is 0. The van der Waals surface area contributed by atoms with Crippen LogP contribution in [0.3, 0.4) is 0 Å². The maximum absolute atomic E-state index is 2.74. The maximum atomic E-state index is 2.74. The Morgan fingerprint density at radius 2 is 2.56 bits per heavy atom. The van der Waals surface area contributed by atoms with Crippen molar-refractivity contribution in [2.45, 2.75) is 13.3 Å². The Labute approximate surface area is 81.2 Å². The van der Waals surface area contributed by atoms with E-state index in [9.17, 15) is 0 Å². The molecule has 0 aromatic heterocycles. The third-order valence-electron chi connectivity index (χ3n) is 1.10. The Hall–Kier alpha value is 1.93. The zero-order chi connectivity index (χ0) is 6.91. The van der Waals surface area contributed by atoms with Crippen LogP contribution in [0.25, 0.3) is 0 Å². The Balaban J connectivity index is 2.61. The molecule has 1 aliphatic rings. The molecule has 0 saturated carbocycles. The van der Waals surface area contributed by atoms with Crippen molar-refractivity contribution < 1.29 is 35.7 Å². The molecule has 0 spiro atoms. The normalized spacial score (nSPS) is 42.8. The van der Waals surface area contributed by atoms with Gasteiger partial charge in [0.15, 0.2) is 0 Å². The van der Waals surface area contributed by atoms with Crippen LogP contribution in [0.1, 0.15) is 13.3 Å². The Kier molecular flexibility index (Phi) is 3.56. The first-order valence-corrected chi connectivity index (χ1v) is 16.6. The summed E-state index contributed by atoms with van der Waals surface area (Å²) in [5, 5.41) is 0. The molecule has 0 fully saturated rings. The molecule has 0 nitrogen and oxygen atoms in total. The zero-order valence-electron chi connectivity index (χ0n) is 5.63. The van der Waals surface area contributed by atoms with E-state index in [4.69, 9.17) is 0 Å². The van der Waals surface area contributed by atoms with E-state index in [0.29, 0.717) is 21.2 Å². The molecular formula is C6H11I3-2. The Morgan fingerprint density at radius 3 is 2.78 bits per heavy atom. The van der Waals surface area contributed by atoms with Gasteiger partial charge in [-0.2, -0.15) is 0 Å². The molecule has 0 aliphatic carbocycles. The van der Waals surface area contributed by atoms with Crippen LogP contribution in [0.15, 0.2) is 7.66 Å². The van der Waals surface area contributed by atoms with Crippen LogP contribution in [-0.4, -0.2) is 7.36 Å². The van der Waals surface area contributed by atoms with Gasteiger partial charge in [0.2, 0.25) is 0 Å². The first kappa shape index (κ1) is 9.02. The summed E-state index contributed by atoms with van der Waals surface area (Å²) in [6.07, 6.45) is 1.34. The first-order chi connectivity index (χ1) is 4.14. The van der Waals surface area contributed by atoms with E-state index in [-0.39, 0.29) is 0 Å². The molecule has 3 heteroatoms. The van der Waals surface area contributed by atoms with Gasteiger partial charge < -0.3 is 0 Å². The van der Waals surface area contributed by atoms with E-state index >= 15 is 0 Å². The Bertz CT molecular complexity index is 137. The summed E-state index contributed by atoms with van der Waals surface area (Å²) >= 11 is 2.11. The average Bonchev–Trinajstić information content (AvgIpc) is 2.10. The molecule has 0 saturated heterocycles. The quantitative estimate of drug-likeness (QED) is 0.279. The molecule has 9 heavy (non-hydrogen) atoms. The molecule has 1 unspecified atom stereocenters. The predicted octanol–water partition coefficient (Wildman–Crippen LogP) is -3.56. The van der Waals surface area contributed by atoms with Crippen molar-refractivity contribution in [3.8, 4) is 0 Å². The molecule has 58 valence electrons. The predicted molar refractivity (Wildman–Crippen MR) is 43.2 cm³/mol. The molecule has 0 aromatic carbocycles. The summed E-state index contributed by atoms with van der Waals surface area (Å²) in [4.78, 5) is 2.51. The summed E-state index contributed by atoms with van der Waals surface area (Å²) in [5.41, 5.74) is 0. The van der Waals surface area contributed by atoms with Gasteiger partial charge in [-0.05, 0) is 0 Å². The van der Waals surface area contributed by atoms with Crippen LogP contribution >= 0.6 is 18.6 Å². The van der Waals surface area contributed by atoms with Gasteiger partial charge in [-0.1, -0.05) is 0 Å². The summed E-state index contributed by atoms with van der Waals surface area (Å²) in [5.74, 6) is 0. The van der Waals surface area contributed by atoms with E-state index in [0.717, 1.165) is 0 Å². The van der Waals surface area contributed by atoms with Crippen molar-refractivity contribution in [2.75, 3.05) is 7.36 Å². The van der Waals surface area contributed by atoms with Gasteiger partial charge in [0.05, 0.1) is 0 Å². The monoisotopic (exact) mass is 464 g/mol. The van der Waals surface area contributed by atoms with Crippen LogP contribution in [0.2, 0.25) is 0 Å². The van der Waals surface area contributed by atoms with E-state index in [1.165, 1.54) is 6.42 Å². The first-order valence-electron chi connectivity index (χ1n) is 2.81. The van der Waals surface area contributed by atoms with Crippen molar-refractivity contribution in [2.24, 2.45) is 0 Å². The zero-order valence-corrected chi connectivity index (χ0v) is 12.1. The van der Waals surface area contributed by atoms with Crippen molar-refractivity contribution in [1.82, 2.24) is 0 Å². The fourth-order valence-corrected chi connectivity index (χ4v) is 26.1. The fourth-order valence-electron chi connectivity index (χ4n) is 0.640. The van der Waals surface area contributed by atoms with Gasteiger partial charge in [0.25, 0.3) is 0 Å². The second-order valence-electron chi connectivity index (χ2n) is 2.11. The number of hydrogen-bond acceptors (Lipinski definition) is 0. The molecule has 0 N–H and O–H groups in total. The Morgan fingerprint density at radius 1 is 1.89 bits per heavy atom. The van der Waals surface area contributed by atoms with Crippen LogP contribution in [0.5, 0.6) is 0 Å². The van der Waals surface area contributed by atoms with E-state index in [1.807, 2.05) is 3.58 Å². The average molecular weight is 464 g/mol. The van der Waals surface area contributed by atoms with E-state index < -0.39 is 14.5 Å². The molecule has 0 radical (unpaired) electrons. The molecule has 1 atom stereocenters. The van der Waals surface area contributed by atoms with Gasteiger partial charge in [0, 0.05) is 0 Å². The fraction of sp³-hybridized carbons (Fsp3) is 0.667. The van der Waals surface area contributed by atoms with Crippen molar-refractivity contribution >= 4 is 18.6 Å². The molecule has 0 amide bonds. The number of allylic oxidation sites excluding steroid dienone is 1. The van der Waals surface area contributed by atoms with Gasteiger partial charge in [-0.3, -0.25) is 0 Å². The SMILES string of the molecule is CCC1=C[I-](C)(I)C[I-]1. The van der Waals surface area contributed by atoms with Gasteiger partial charge >= 0.3 is 82.7 Å². The van der Waals surface area contributed by atoms with E-state index in [2.05, 4.69) is 34.6 Å². The van der Waals surface area contributed by atoms with Crippen molar-refractivity contribution in [3.05, 3.63) is 7.66 Å². The minimum atomic E-state index is -1.15. The van der Waals surface area contributed by atoms with Crippen molar-refractivity contribution in [3.63, 3.8) is 0 Å². The van der Waals surface area contributed by atoms with Gasteiger partial charge in [0.1, 0.15) is 0 Å². The third-order valence-corrected chi connectivity index (χ3v) is 28.7. The molecule has 1 heterocycles. The molecule has 0 bridgehead atoms. The number of hydrogen-bond donors (Lipinski definition) is 0. The molecular weight excluding hydrogens is 453 g/mol. The van der Waals surface area contributed by atoms with Gasteiger partial charge in [-0.25, -0.2) is 0 Å². The number of alkyl halides is 3. The van der Waals surface area contributed by atoms with Crippen molar-refractivity contribution in [1.29, 1.82) is 0 Å². The van der Waals surface area contributed by atoms with Crippen LogP contribution in [-0.2, 0) is 0 Å².